The minimum absolute atomic E-state index is 0.0196. The second-order valence-corrected chi connectivity index (χ2v) is 6.97. The van der Waals surface area contributed by atoms with E-state index >= 15 is 0 Å². The van der Waals surface area contributed by atoms with Crippen LogP contribution in [0.1, 0.15) is 34.9 Å². The monoisotopic (exact) mass is 393 g/mol. The van der Waals surface area contributed by atoms with Gasteiger partial charge in [0.25, 0.3) is 5.91 Å². The molecule has 0 spiro atoms. The first-order valence-corrected chi connectivity index (χ1v) is 9.55. The van der Waals surface area contributed by atoms with E-state index in [9.17, 15) is 4.79 Å². The fraction of sp³-hybridized carbons (Fsp3) is 0.333. The van der Waals surface area contributed by atoms with Crippen LogP contribution in [0, 0.1) is 0 Å². The van der Waals surface area contributed by atoms with Crippen LogP contribution in [0.3, 0.4) is 0 Å². The zero-order valence-electron chi connectivity index (χ0n) is 16.5. The van der Waals surface area contributed by atoms with Crippen LogP contribution >= 0.6 is 0 Å². The zero-order valence-corrected chi connectivity index (χ0v) is 16.5. The molecule has 0 aliphatic carbocycles. The Balaban J connectivity index is 1.39. The van der Waals surface area contributed by atoms with Crippen molar-refractivity contribution in [2.24, 2.45) is 7.05 Å². The second kappa shape index (κ2) is 8.30. The summed E-state index contributed by atoms with van der Waals surface area (Å²) in [5.74, 6) is 2.17. The third-order valence-electron chi connectivity index (χ3n) is 5.15. The van der Waals surface area contributed by atoms with Crippen molar-refractivity contribution in [1.29, 1.82) is 0 Å². The van der Waals surface area contributed by atoms with Crippen LogP contribution in [-0.2, 0) is 7.05 Å². The van der Waals surface area contributed by atoms with Gasteiger partial charge in [-0.2, -0.15) is 5.10 Å². The lowest BCUT2D eigenvalue weighted by Crippen LogP contribution is -2.38. The topological polar surface area (TPSA) is 82.4 Å². The lowest BCUT2D eigenvalue weighted by Gasteiger charge is -2.31. The third-order valence-corrected chi connectivity index (χ3v) is 5.15. The molecule has 150 valence electrons. The summed E-state index contributed by atoms with van der Waals surface area (Å²) in [5.41, 5.74) is 1.50. The molecule has 8 heteroatoms. The van der Waals surface area contributed by atoms with Crippen molar-refractivity contribution in [3.63, 3.8) is 0 Å². The highest BCUT2D eigenvalue weighted by molar-refractivity contribution is 5.92. The van der Waals surface area contributed by atoms with Crippen LogP contribution in [0.25, 0.3) is 0 Å². The lowest BCUT2D eigenvalue weighted by atomic mass is 9.93. The average Bonchev–Trinajstić information content (AvgIpc) is 3.20. The summed E-state index contributed by atoms with van der Waals surface area (Å²) in [7, 11) is 3.41. The van der Waals surface area contributed by atoms with E-state index in [2.05, 4.69) is 15.1 Å². The summed E-state index contributed by atoms with van der Waals surface area (Å²) in [6, 6.07) is 9.08. The van der Waals surface area contributed by atoms with Crippen molar-refractivity contribution < 1.29 is 14.3 Å². The van der Waals surface area contributed by atoms with Crippen LogP contribution in [0.2, 0.25) is 0 Å². The van der Waals surface area contributed by atoms with E-state index in [-0.39, 0.29) is 11.8 Å². The molecule has 1 aromatic carbocycles. The van der Waals surface area contributed by atoms with Gasteiger partial charge in [-0.25, -0.2) is 4.98 Å². The Morgan fingerprint density at radius 2 is 1.79 bits per heavy atom. The number of piperidine rings is 1. The van der Waals surface area contributed by atoms with Crippen molar-refractivity contribution in [2.75, 3.05) is 20.2 Å². The molecule has 0 unspecified atom stereocenters. The number of aryl methyl sites for hydroxylation is 1. The van der Waals surface area contributed by atoms with E-state index in [0.29, 0.717) is 30.4 Å². The Morgan fingerprint density at radius 1 is 1.07 bits per heavy atom. The van der Waals surface area contributed by atoms with Crippen LogP contribution in [0.15, 0.2) is 48.9 Å². The number of methoxy groups -OCH3 is 1. The number of carbonyl (C=O) groups excluding carboxylic acids is 1. The Labute approximate surface area is 169 Å². The minimum atomic E-state index is 0.0196. The van der Waals surface area contributed by atoms with Gasteiger partial charge in [-0.05, 0) is 43.2 Å². The number of aromatic nitrogens is 4. The highest BCUT2D eigenvalue weighted by atomic mass is 16.5. The van der Waals surface area contributed by atoms with E-state index in [0.717, 1.165) is 24.3 Å². The number of benzene rings is 1. The summed E-state index contributed by atoms with van der Waals surface area (Å²) in [6.45, 7) is 1.36. The smallest absolute Gasteiger partial charge is 0.272 e. The van der Waals surface area contributed by atoms with Gasteiger partial charge < -0.3 is 14.4 Å². The summed E-state index contributed by atoms with van der Waals surface area (Å²) in [4.78, 5) is 23.4. The predicted molar refractivity (Wildman–Crippen MR) is 106 cm³/mol. The molecule has 0 N–H and O–H groups in total. The normalized spacial score (nSPS) is 14.6. The fourth-order valence-corrected chi connectivity index (χ4v) is 3.50. The molecule has 1 aliphatic rings. The molecule has 8 nitrogen and oxygen atoms in total. The van der Waals surface area contributed by atoms with E-state index in [1.165, 1.54) is 0 Å². The molecule has 3 heterocycles. The largest absolute Gasteiger partial charge is 0.497 e. The number of ether oxygens (including phenoxy) is 2. The van der Waals surface area contributed by atoms with Gasteiger partial charge in [-0.1, -0.05) is 0 Å². The Morgan fingerprint density at radius 3 is 2.45 bits per heavy atom. The third kappa shape index (κ3) is 4.21. The highest BCUT2D eigenvalue weighted by Crippen LogP contribution is 2.29. The highest BCUT2D eigenvalue weighted by Gasteiger charge is 2.27. The summed E-state index contributed by atoms with van der Waals surface area (Å²) in [6.07, 6.45) is 6.71. The molecule has 3 aromatic rings. The van der Waals surface area contributed by atoms with Crippen molar-refractivity contribution in [3.05, 3.63) is 60.3 Å². The predicted octanol–water partition coefficient (Wildman–Crippen LogP) is 3.03. The molecule has 29 heavy (non-hydrogen) atoms. The molecular weight excluding hydrogens is 370 g/mol. The van der Waals surface area contributed by atoms with Gasteiger partial charge in [0.05, 0.1) is 19.0 Å². The van der Waals surface area contributed by atoms with Gasteiger partial charge in [-0.3, -0.25) is 14.5 Å². The first-order chi connectivity index (χ1) is 14.1. The molecule has 1 aliphatic heterocycles. The number of likely N-dealkylation sites (tertiary alicyclic amines) is 1. The summed E-state index contributed by atoms with van der Waals surface area (Å²) >= 11 is 0. The van der Waals surface area contributed by atoms with Crippen LogP contribution in [0.5, 0.6) is 17.4 Å². The zero-order chi connectivity index (χ0) is 20.2. The molecule has 2 aromatic heterocycles. The first kappa shape index (κ1) is 18.9. The van der Waals surface area contributed by atoms with E-state index < -0.39 is 0 Å². The molecule has 0 radical (unpaired) electrons. The quantitative estimate of drug-likeness (QED) is 0.663. The average molecular weight is 393 g/mol. The van der Waals surface area contributed by atoms with E-state index in [1.807, 2.05) is 29.2 Å². The van der Waals surface area contributed by atoms with E-state index in [4.69, 9.17) is 9.47 Å². The molecule has 0 atom stereocenters. The first-order valence-electron chi connectivity index (χ1n) is 9.55. The standard InChI is InChI=1S/C21H23N5O3/c1-25-19(7-10-23-25)21(27)26-11-8-15(9-12-26)18-13-22-14-20(24-18)29-17-5-3-16(28-2)4-6-17/h3-7,10,13-15H,8-9,11-12H2,1-2H3. The maximum absolute atomic E-state index is 12.6. The molecule has 1 saturated heterocycles. The Kier molecular flexibility index (Phi) is 5.41. The summed E-state index contributed by atoms with van der Waals surface area (Å²) in [5, 5.41) is 4.08. The van der Waals surface area contributed by atoms with Crippen LogP contribution in [0.4, 0.5) is 0 Å². The number of hydrogen-bond acceptors (Lipinski definition) is 6. The number of carbonyl (C=O) groups is 1. The van der Waals surface area contributed by atoms with Gasteiger partial charge in [0.2, 0.25) is 5.88 Å². The van der Waals surface area contributed by atoms with Crippen molar-refractivity contribution in [3.8, 4) is 17.4 Å². The fourth-order valence-electron chi connectivity index (χ4n) is 3.50. The van der Waals surface area contributed by atoms with Gasteiger partial charge >= 0.3 is 0 Å². The molecule has 0 saturated carbocycles. The van der Waals surface area contributed by atoms with Crippen molar-refractivity contribution >= 4 is 5.91 Å². The second-order valence-electron chi connectivity index (χ2n) is 6.97. The van der Waals surface area contributed by atoms with Crippen LogP contribution < -0.4 is 9.47 Å². The number of nitrogens with zero attached hydrogens (tertiary/aromatic N) is 5. The van der Waals surface area contributed by atoms with Crippen LogP contribution in [-0.4, -0.2) is 50.8 Å². The van der Waals surface area contributed by atoms with Gasteiger partial charge in [0.15, 0.2) is 0 Å². The maximum Gasteiger partial charge on any atom is 0.272 e. The van der Waals surface area contributed by atoms with Gasteiger partial charge in [0, 0.05) is 38.4 Å². The molecule has 1 fully saturated rings. The molecule has 4 rings (SSSR count). The molecule has 1 amide bonds. The van der Waals surface area contributed by atoms with Crippen molar-refractivity contribution in [1.82, 2.24) is 24.6 Å². The molecule has 0 bridgehead atoms. The van der Waals surface area contributed by atoms with E-state index in [1.54, 1.807) is 43.5 Å². The number of amides is 1. The maximum atomic E-state index is 12.6. The van der Waals surface area contributed by atoms with Gasteiger partial charge in [0.1, 0.15) is 17.2 Å². The number of rotatable bonds is 5. The van der Waals surface area contributed by atoms with Gasteiger partial charge in [-0.15, -0.1) is 0 Å². The lowest BCUT2D eigenvalue weighted by molar-refractivity contribution is 0.0700. The Hall–Kier alpha value is -3.42. The number of hydrogen-bond donors (Lipinski definition) is 0. The SMILES string of the molecule is COc1ccc(Oc2cncc(C3CCN(C(=O)c4ccnn4C)CC3)n2)cc1. The minimum Gasteiger partial charge on any atom is -0.497 e. The van der Waals surface area contributed by atoms with Crippen molar-refractivity contribution in [2.45, 2.75) is 18.8 Å². The Bertz CT molecular complexity index is 978. The molecular formula is C21H23N5O3. The summed E-state index contributed by atoms with van der Waals surface area (Å²) < 4.78 is 12.6.